The molecule has 0 bridgehead atoms. The van der Waals surface area contributed by atoms with Crippen LogP contribution in [0.25, 0.3) is 11.1 Å². The van der Waals surface area contributed by atoms with Crippen molar-refractivity contribution < 1.29 is 23.5 Å². The molecule has 271 valence electrons. The van der Waals surface area contributed by atoms with Gasteiger partial charge in [-0.3, -0.25) is 0 Å². The topological polar surface area (TPSA) is 54.0 Å². The van der Waals surface area contributed by atoms with Crippen LogP contribution in [0.5, 0.6) is 23.0 Å². The second-order valence-corrected chi connectivity index (χ2v) is 19.6. The first-order valence-corrected chi connectivity index (χ1v) is 21.0. The van der Waals surface area contributed by atoms with E-state index < -0.39 is 15.1 Å². The van der Waals surface area contributed by atoms with E-state index in [0.717, 1.165) is 49.3 Å². The molecule has 8 rings (SSSR count). The molecule has 2 heterocycles. The van der Waals surface area contributed by atoms with Crippen LogP contribution in [0.3, 0.4) is 0 Å². The first-order chi connectivity index (χ1) is 25.4. The monoisotopic (exact) mass is 749 g/mol. The van der Waals surface area contributed by atoms with Crippen LogP contribution >= 0.6 is 15.1 Å². The Balaban J connectivity index is 0.00000450. The molecule has 0 saturated heterocycles. The Kier molecular flexibility index (Phi) is 10.1. The van der Waals surface area contributed by atoms with Gasteiger partial charge >= 0.3 is 0 Å². The number of benzene rings is 6. The first-order valence-electron chi connectivity index (χ1n) is 18.0. The lowest BCUT2D eigenvalue weighted by molar-refractivity contribution is 0.173. The van der Waals surface area contributed by atoms with Crippen LogP contribution < -0.4 is 50.8 Å². The second-order valence-electron chi connectivity index (χ2n) is 14.7. The van der Waals surface area contributed by atoms with E-state index >= 15 is 4.57 Å². The predicted molar refractivity (Wildman–Crippen MR) is 226 cm³/mol. The van der Waals surface area contributed by atoms with Gasteiger partial charge in [0.1, 0.15) is 0 Å². The van der Waals surface area contributed by atoms with E-state index in [-0.39, 0.29) is 22.0 Å². The lowest BCUT2D eigenvalue weighted by atomic mass is 10.0. The molecule has 0 amide bonds. The van der Waals surface area contributed by atoms with Gasteiger partial charge in [0.05, 0.1) is 0 Å². The molecule has 0 unspecified atom stereocenters. The Bertz CT molecular complexity index is 2320. The molecule has 54 heavy (non-hydrogen) atoms. The highest BCUT2D eigenvalue weighted by Crippen LogP contribution is 2.55. The number of fused-ring (bicyclic) bond motifs is 2. The molecule has 0 aromatic heterocycles. The van der Waals surface area contributed by atoms with Crippen molar-refractivity contribution in [1.29, 1.82) is 0 Å². The van der Waals surface area contributed by atoms with Gasteiger partial charge in [0.25, 0.3) is 0 Å². The van der Waals surface area contributed by atoms with E-state index in [9.17, 15) is 0 Å². The number of rotatable bonds is 7. The summed E-state index contributed by atoms with van der Waals surface area (Å²) in [6, 6.07) is 34.3. The SMILES string of the molecule is Cc1cc(C)cc(P(c2cc(C)cc(C)c2)c2ccc3c(c2-c2c(P(=O)(c4cc(C)cc(C)c4)c4cc(C)cc(C)c4)ccc4c2OCO4)OCO3)c1.[B]. The highest BCUT2D eigenvalue weighted by molar-refractivity contribution is 7.85. The molecule has 0 aliphatic carbocycles. The Morgan fingerprint density at radius 1 is 0.463 bits per heavy atom. The van der Waals surface area contributed by atoms with Crippen LogP contribution in [0.4, 0.5) is 0 Å². The normalized spacial score (nSPS) is 13.0. The third-order valence-corrected chi connectivity index (χ3v) is 15.4. The van der Waals surface area contributed by atoms with Crippen LogP contribution in [-0.4, -0.2) is 22.0 Å². The molecule has 6 aromatic carbocycles. The maximum atomic E-state index is 16.8. The third kappa shape index (κ3) is 6.65. The number of hydrogen-bond donors (Lipinski definition) is 0. The molecule has 6 aromatic rings. The molecule has 8 heteroatoms. The largest absolute Gasteiger partial charge is 0.454 e. The summed E-state index contributed by atoms with van der Waals surface area (Å²) < 4.78 is 41.8. The quantitative estimate of drug-likeness (QED) is 0.122. The fourth-order valence-corrected chi connectivity index (χ4v) is 14.2. The van der Waals surface area contributed by atoms with Crippen molar-refractivity contribution in [2.24, 2.45) is 0 Å². The lowest BCUT2D eigenvalue weighted by Crippen LogP contribution is -2.29. The molecule has 0 N–H and O–H groups in total. The molecule has 0 atom stereocenters. The summed E-state index contributed by atoms with van der Waals surface area (Å²) >= 11 is 0. The first kappa shape index (κ1) is 37.6. The zero-order valence-corrected chi connectivity index (χ0v) is 34.0. The van der Waals surface area contributed by atoms with E-state index in [1.165, 1.54) is 32.9 Å². The van der Waals surface area contributed by atoms with E-state index in [1.54, 1.807) is 0 Å². The molecule has 2 aliphatic rings. The average molecular weight is 750 g/mol. The number of ether oxygens (including phenoxy) is 4. The van der Waals surface area contributed by atoms with Crippen molar-refractivity contribution in [3.63, 3.8) is 0 Å². The van der Waals surface area contributed by atoms with Crippen molar-refractivity contribution in [2.75, 3.05) is 13.6 Å². The van der Waals surface area contributed by atoms with Gasteiger partial charge in [0, 0.05) is 35.5 Å². The van der Waals surface area contributed by atoms with E-state index in [2.05, 4.69) is 134 Å². The van der Waals surface area contributed by atoms with Crippen LogP contribution in [0.2, 0.25) is 0 Å². The van der Waals surface area contributed by atoms with Crippen molar-refractivity contribution in [3.05, 3.63) is 142 Å². The van der Waals surface area contributed by atoms with E-state index in [4.69, 9.17) is 18.9 Å². The molecule has 0 spiro atoms. The van der Waals surface area contributed by atoms with Crippen LogP contribution in [0, 0.1) is 55.4 Å². The standard InChI is InChI=1S/C46H44O5P2.B/c1-27-13-28(2)18-35(17-27)52(36-19-29(3)14-30(4)20-36)41-11-9-39-45(50-25-48-39)43(41)44-42(12-10-40-46(44)51-26-49-40)53(47,37-21-31(5)15-32(6)22-37)38-23-33(7)16-34(8)24-38;/h9-24H,25-26H2,1-8H3;. The summed E-state index contributed by atoms with van der Waals surface area (Å²) in [6.45, 7) is 17.0. The molecular formula is C46H44BO5P2. The summed E-state index contributed by atoms with van der Waals surface area (Å²) in [5.41, 5.74) is 10.6. The molecule has 2 aliphatic heterocycles. The van der Waals surface area contributed by atoms with Gasteiger partial charge in [-0.05, 0) is 128 Å². The lowest BCUT2D eigenvalue weighted by Gasteiger charge is -2.28. The maximum Gasteiger partial charge on any atom is 0.231 e. The Labute approximate surface area is 322 Å². The minimum absolute atomic E-state index is 0. The molecular weight excluding hydrogens is 705 g/mol. The van der Waals surface area contributed by atoms with Gasteiger partial charge in [-0.2, -0.15) is 0 Å². The van der Waals surface area contributed by atoms with E-state index in [1.807, 2.05) is 18.2 Å². The van der Waals surface area contributed by atoms with Gasteiger partial charge in [0.2, 0.25) is 13.6 Å². The Hall–Kier alpha value is -4.76. The van der Waals surface area contributed by atoms with Gasteiger partial charge in [-0.1, -0.05) is 93.0 Å². The Morgan fingerprint density at radius 3 is 1.26 bits per heavy atom. The zero-order chi connectivity index (χ0) is 37.2. The average Bonchev–Trinajstić information content (AvgIpc) is 3.76. The van der Waals surface area contributed by atoms with Gasteiger partial charge < -0.3 is 23.5 Å². The summed E-state index contributed by atoms with van der Waals surface area (Å²) in [4.78, 5) is 0. The smallest absolute Gasteiger partial charge is 0.231 e. The summed E-state index contributed by atoms with van der Waals surface area (Å²) in [5, 5.41) is 5.74. The van der Waals surface area contributed by atoms with Crippen molar-refractivity contribution in [2.45, 2.75) is 55.4 Å². The number of aryl methyl sites for hydroxylation is 8. The second kappa shape index (κ2) is 14.5. The fraction of sp³-hybridized carbons (Fsp3) is 0.217. The summed E-state index contributed by atoms with van der Waals surface area (Å²) in [6.07, 6.45) is 0. The highest BCUT2D eigenvalue weighted by Gasteiger charge is 2.40. The van der Waals surface area contributed by atoms with Gasteiger partial charge in [-0.25, -0.2) is 0 Å². The summed E-state index contributed by atoms with van der Waals surface area (Å²) in [5.74, 6) is 2.45. The van der Waals surface area contributed by atoms with Crippen molar-refractivity contribution >= 4 is 55.3 Å². The van der Waals surface area contributed by atoms with Crippen LogP contribution in [-0.2, 0) is 4.57 Å². The molecule has 0 saturated carbocycles. The fourth-order valence-electron chi connectivity index (χ4n) is 8.13. The third-order valence-electron chi connectivity index (χ3n) is 9.93. The van der Waals surface area contributed by atoms with Crippen LogP contribution in [0.15, 0.2) is 97.1 Å². The van der Waals surface area contributed by atoms with Crippen molar-refractivity contribution in [3.8, 4) is 34.1 Å². The van der Waals surface area contributed by atoms with Crippen molar-refractivity contribution in [1.82, 2.24) is 0 Å². The number of hydrogen-bond acceptors (Lipinski definition) is 5. The van der Waals surface area contributed by atoms with Crippen LogP contribution in [0.1, 0.15) is 44.5 Å². The maximum absolute atomic E-state index is 16.8. The predicted octanol–water partition coefficient (Wildman–Crippen LogP) is 8.30. The zero-order valence-electron chi connectivity index (χ0n) is 32.2. The Morgan fingerprint density at radius 2 is 0.833 bits per heavy atom. The van der Waals surface area contributed by atoms with E-state index in [0.29, 0.717) is 28.3 Å². The van der Waals surface area contributed by atoms with Gasteiger partial charge in [-0.15, -0.1) is 0 Å². The minimum Gasteiger partial charge on any atom is -0.454 e. The summed E-state index contributed by atoms with van der Waals surface area (Å²) in [7, 11) is -4.76. The highest BCUT2D eigenvalue weighted by atomic mass is 31.2. The molecule has 3 radical (unpaired) electrons. The molecule has 5 nitrogen and oxygen atoms in total. The minimum atomic E-state index is -3.59. The van der Waals surface area contributed by atoms with Gasteiger partial charge in [0.15, 0.2) is 30.1 Å². The molecule has 0 fully saturated rings.